The molecular formula is C16H20N6O3. The minimum Gasteiger partial charge on any atom is -0.368 e. The molecule has 0 unspecified atom stereocenters. The van der Waals surface area contributed by atoms with Gasteiger partial charge in [-0.2, -0.15) is 4.98 Å². The molecule has 9 nitrogen and oxygen atoms in total. The molecule has 0 saturated carbocycles. The van der Waals surface area contributed by atoms with E-state index in [4.69, 9.17) is 4.74 Å². The maximum Gasteiger partial charge on any atom is 0.345 e. The van der Waals surface area contributed by atoms with Crippen LogP contribution in [0, 0.1) is 6.92 Å². The maximum atomic E-state index is 12.7. The SMILES string of the molecule is Cc1cc(C(=O)N2CCO[C@@H](c3ccnc(N(C)C)n3)C2)nc(=O)[nH]1. The molecule has 1 amide bonds. The molecule has 3 rings (SSSR count). The van der Waals surface area contributed by atoms with Crippen LogP contribution in [0.15, 0.2) is 23.1 Å². The quantitative estimate of drug-likeness (QED) is 0.845. The van der Waals surface area contributed by atoms with E-state index in [9.17, 15) is 9.59 Å². The van der Waals surface area contributed by atoms with Crippen molar-refractivity contribution in [3.63, 3.8) is 0 Å². The molecule has 1 atom stereocenters. The Morgan fingerprint density at radius 1 is 1.40 bits per heavy atom. The van der Waals surface area contributed by atoms with Crippen molar-refractivity contribution in [2.45, 2.75) is 13.0 Å². The van der Waals surface area contributed by atoms with E-state index in [1.54, 1.807) is 35.1 Å². The Labute approximate surface area is 144 Å². The number of aromatic nitrogens is 4. The van der Waals surface area contributed by atoms with Crippen LogP contribution >= 0.6 is 0 Å². The van der Waals surface area contributed by atoms with Crippen LogP contribution in [0.5, 0.6) is 0 Å². The normalized spacial score (nSPS) is 17.4. The van der Waals surface area contributed by atoms with E-state index < -0.39 is 5.69 Å². The van der Waals surface area contributed by atoms with E-state index in [2.05, 4.69) is 19.9 Å². The lowest BCUT2D eigenvalue weighted by atomic mass is 10.2. The molecular weight excluding hydrogens is 324 g/mol. The number of hydrogen-bond acceptors (Lipinski definition) is 7. The molecule has 1 N–H and O–H groups in total. The number of morpholine rings is 1. The molecule has 25 heavy (non-hydrogen) atoms. The van der Waals surface area contributed by atoms with Crippen LogP contribution in [0.25, 0.3) is 0 Å². The predicted octanol–water partition coefficient (Wildman–Crippen LogP) is 0.148. The number of carbonyl (C=O) groups is 1. The first-order chi connectivity index (χ1) is 11.9. The monoisotopic (exact) mass is 344 g/mol. The molecule has 1 aliphatic heterocycles. The molecule has 2 aromatic rings. The van der Waals surface area contributed by atoms with Gasteiger partial charge in [-0.05, 0) is 19.1 Å². The van der Waals surface area contributed by atoms with Crippen molar-refractivity contribution in [3.05, 3.63) is 45.9 Å². The van der Waals surface area contributed by atoms with Gasteiger partial charge in [0, 0.05) is 32.5 Å². The van der Waals surface area contributed by atoms with Crippen molar-refractivity contribution in [1.29, 1.82) is 0 Å². The van der Waals surface area contributed by atoms with Crippen LogP contribution in [0.4, 0.5) is 5.95 Å². The Morgan fingerprint density at radius 3 is 2.92 bits per heavy atom. The van der Waals surface area contributed by atoms with E-state index >= 15 is 0 Å². The highest BCUT2D eigenvalue weighted by atomic mass is 16.5. The second-order valence-corrected chi connectivity index (χ2v) is 6.04. The number of amides is 1. The summed E-state index contributed by atoms with van der Waals surface area (Å²) < 4.78 is 5.77. The van der Waals surface area contributed by atoms with Gasteiger partial charge in [0.25, 0.3) is 5.91 Å². The van der Waals surface area contributed by atoms with Crippen molar-refractivity contribution in [2.75, 3.05) is 38.7 Å². The van der Waals surface area contributed by atoms with Crippen LogP contribution in [0.3, 0.4) is 0 Å². The fourth-order valence-corrected chi connectivity index (χ4v) is 2.62. The lowest BCUT2D eigenvalue weighted by molar-refractivity contribution is -0.0249. The van der Waals surface area contributed by atoms with Crippen LogP contribution in [-0.4, -0.2) is 64.5 Å². The van der Waals surface area contributed by atoms with Gasteiger partial charge >= 0.3 is 5.69 Å². The molecule has 0 spiro atoms. The zero-order chi connectivity index (χ0) is 18.0. The minimum absolute atomic E-state index is 0.138. The summed E-state index contributed by atoms with van der Waals surface area (Å²) in [7, 11) is 3.72. The average molecular weight is 344 g/mol. The number of ether oxygens (including phenoxy) is 1. The Kier molecular flexibility index (Phi) is 4.75. The van der Waals surface area contributed by atoms with Crippen LogP contribution in [0.2, 0.25) is 0 Å². The molecule has 1 saturated heterocycles. The number of H-pyrrole nitrogens is 1. The van der Waals surface area contributed by atoms with Crippen molar-refractivity contribution >= 4 is 11.9 Å². The summed E-state index contributed by atoms with van der Waals surface area (Å²) in [5, 5.41) is 0. The Morgan fingerprint density at radius 2 is 2.20 bits per heavy atom. The predicted molar refractivity (Wildman–Crippen MR) is 90.6 cm³/mol. The van der Waals surface area contributed by atoms with Crippen LogP contribution in [-0.2, 0) is 4.74 Å². The number of nitrogens with zero attached hydrogens (tertiary/aromatic N) is 5. The van der Waals surface area contributed by atoms with Crippen molar-refractivity contribution in [1.82, 2.24) is 24.8 Å². The molecule has 0 aliphatic carbocycles. The summed E-state index contributed by atoms with van der Waals surface area (Å²) in [5.41, 5.74) is 0.920. The number of carbonyl (C=O) groups excluding carboxylic acids is 1. The van der Waals surface area contributed by atoms with E-state index in [1.807, 2.05) is 14.1 Å². The van der Waals surface area contributed by atoms with E-state index in [0.717, 1.165) is 0 Å². The number of nitrogens with one attached hydrogen (secondary N) is 1. The molecule has 3 heterocycles. The molecule has 2 aromatic heterocycles. The average Bonchev–Trinajstić information content (AvgIpc) is 2.60. The minimum atomic E-state index is -0.528. The summed E-state index contributed by atoms with van der Waals surface area (Å²) in [6, 6.07) is 3.35. The largest absolute Gasteiger partial charge is 0.368 e. The maximum absolute atomic E-state index is 12.7. The van der Waals surface area contributed by atoms with Gasteiger partial charge in [0.1, 0.15) is 11.8 Å². The second kappa shape index (κ2) is 6.98. The lowest BCUT2D eigenvalue weighted by Crippen LogP contribution is -2.43. The summed E-state index contributed by atoms with van der Waals surface area (Å²) in [6.45, 7) is 2.89. The van der Waals surface area contributed by atoms with E-state index in [1.165, 1.54) is 0 Å². The van der Waals surface area contributed by atoms with E-state index in [-0.39, 0.29) is 17.7 Å². The zero-order valence-electron chi connectivity index (χ0n) is 14.4. The summed E-state index contributed by atoms with van der Waals surface area (Å²) in [5.74, 6) is 0.292. The lowest BCUT2D eigenvalue weighted by Gasteiger charge is -2.32. The highest BCUT2D eigenvalue weighted by molar-refractivity contribution is 5.92. The van der Waals surface area contributed by atoms with Gasteiger partial charge in [0.15, 0.2) is 0 Å². The standard InChI is InChI=1S/C16H20N6O3/c1-10-8-12(20-16(24)18-10)14(23)22-6-7-25-13(9-22)11-4-5-17-15(19-11)21(2)3/h4-5,8,13H,6-7,9H2,1-3H3,(H,18,20,24)/t13-/m1/s1. The Hall–Kier alpha value is -2.81. The topological polar surface area (TPSA) is 104 Å². The first-order valence-electron chi connectivity index (χ1n) is 7.93. The summed E-state index contributed by atoms with van der Waals surface area (Å²) in [4.78, 5) is 42.6. The number of hydrogen-bond donors (Lipinski definition) is 1. The molecule has 0 bridgehead atoms. The highest BCUT2D eigenvalue weighted by Crippen LogP contribution is 2.22. The Bertz CT molecular complexity index is 835. The van der Waals surface area contributed by atoms with Gasteiger partial charge in [-0.1, -0.05) is 0 Å². The van der Waals surface area contributed by atoms with Gasteiger partial charge in [0.2, 0.25) is 5.95 Å². The second-order valence-electron chi connectivity index (χ2n) is 6.04. The Balaban J connectivity index is 1.80. The first-order valence-corrected chi connectivity index (χ1v) is 7.93. The summed E-state index contributed by atoms with van der Waals surface area (Å²) >= 11 is 0. The van der Waals surface area contributed by atoms with Gasteiger partial charge < -0.3 is 19.5 Å². The molecule has 132 valence electrons. The van der Waals surface area contributed by atoms with E-state index in [0.29, 0.717) is 37.0 Å². The number of aromatic amines is 1. The molecule has 0 radical (unpaired) electrons. The zero-order valence-corrected chi connectivity index (χ0v) is 14.4. The van der Waals surface area contributed by atoms with Gasteiger partial charge in [-0.3, -0.25) is 4.79 Å². The van der Waals surface area contributed by atoms with Crippen molar-refractivity contribution in [3.8, 4) is 0 Å². The van der Waals surface area contributed by atoms with Gasteiger partial charge in [0.05, 0.1) is 18.8 Å². The van der Waals surface area contributed by atoms with Crippen molar-refractivity contribution < 1.29 is 9.53 Å². The number of aryl methyl sites for hydroxylation is 1. The fraction of sp³-hybridized carbons (Fsp3) is 0.438. The summed E-state index contributed by atoms with van der Waals surface area (Å²) in [6.07, 6.45) is 1.33. The highest BCUT2D eigenvalue weighted by Gasteiger charge is 2.28. The van der Waals surface area contributed by atoms with Crippen molar-refractivity contribution in [2.24, 2.45) is 0 Å². The smallest absolute Gasteiger partial charge is 0.345 e. The third-order valence-electron chi connectivity index (χ3n) is 3.85. The fourth-order valence-electron chi connectivity index (χ4n) is 2.62. The third kappa shape index (κ3) is 3.82. The first kappa shape index (κ1) is 17.0. The molecule has 9 heteroatoms. The van der Waals surface area contributed by atoms with Gasteiger partial charge in [-0.15, -0.1) is 0 Å². The van der Waals surface area contributed by atoms with Gasteiger partial charge in [-0.25, -0.2) is 14.8 Å². The third-order valence-corrected chi connectivity index (χ3v) is 3.85. The van der Waals surface area contributed by atoms with Crippen LogP contribution in [0.1, 0.15) is 28.0 Å². The molecule has 0 aromatic carbocycles. The molecule has 1 aliphatic rings. The number of anilines is 1. The van der Waals surface area contributed by atoms with Crippen LogP contribution < -0.4 is 10.6 Å². The number of rotatable bonds is 3. The molecule has 1 fully saturated rings.